The summed E-state index contributed by atoms with van der Waals surface area (Å²) in [5, 5.41) is 0. The van der Waals surface area contributed by atoms with Crippen LogP contribution in [0.15, 0.2) is 24.8 Å². The minimum atomic E-state index is -0.466. The Morgan fingerprint density at radius 2 is 2.06 bits per heavy atom. The van der Waals surface area contributed by atoms with Gasteiger partial charge in [0.1, 0.15) is 11.5 Å². The number of nitrogens with one attached hydrogen (secondary N) is 1. The fraction of sp³-hybridized carbons (Fsp3) is 0.182. The van der Waals surface area contributed by atoms with Crippen molar-refractivity contribution in [3.63, 3.8) is 0 Å². The number of ether oxygens (including phenoxy) is 2. The number of amides is 1. The zero-order chi connectivity index (χ0) is 12.1. The first-order chi connectivity index (χ1) is 7.63. The Morgan fingerprint density at radius 3 is 2.56 bits per heavy atom. The minimum absolute atomic E-state index is 0.221. The molecule has 0 heterocycles. The van der Waals surface area contributed by atoms with Crippen LogP contribution >= 0.6 is 0 Å². The number of rotatable bonds is 4. The molecule has 3 N–H and O–H groups in total. The summed E-state index contributed by atoms with van der Waals surface area (Å²) >= 11 is 0. The van der Waals surface area contributed by atoms with E-state index in [1.54, 1.807) is 18.2 Å². The van der Waals surface area contributed by atoms with E-state index in [-0.39, 0.29) is 5.57 Å². The number of hydrogen-bond acceptors (Lipinski definition) is 4. The fourth-order valence-corrected chi connectivity index (χ4v) is 1.26. The molecule has 1 amide bonds. The lowest BCUT2D eigenvalue weighted by Crippen LogP contribution is -2.30. The highest BCUT2D eigenvalue weighted by atomic mass is 16.5. The Kier molecular flexibility index (Phi) is 3.90. The van der Waals surface area contributed by atoms with Gasteiger partial charge in [-0.1, -0.05) is 6.58 Å². The third kappa shape index (κ3) is 2.32. The molecule has 0 aliphatic rings. The van der Waals surface area contributed by atoms with E-state index in [0.29, 0.717) is 17.1 Å². The van der Waals surface area contributed by atoms with Gasteiger partial charge in [-0.2, -0.15) is 0 Å². The van der Waals surface area contributed by atoms with Gasteiger partial charge in [0.25, 0.3) is 5.91 Å². The van der Waals surface area contributed by atoms with E-state index in [2.05, 4.69) is 6.58 Å². The first-order valence-corrected chi connectivity index (χ1v) is 4.56. The molecule has 5 heteroatoms. The molecule has 0 saturated carbocycles. The summed E-state index contributed by atoms with van der Waals surface area (Å²) in [6, 6.07) is 5.09. The van der Waals surface area contributed by atoms with Crippen molar-refractivity contribution in [2.45, 2.75) is 0 Å². The molecule has 86 valence electrons. The topological polar surface area (TPSA) is 73.6 Å². The summed E-state index contributed by atoms with van der Waals surface area (Å²) in [4.78, 5) is 11.3. The number of carbonyl (C=O) groups is 1. The van der Waals surface area contributed by atoms with Crippen LogP contribution in [-0.2, 0) is 4.79 Å². The number of hydrogen-bond donors (Lipinski definition) is 2. The molecule has 0 aliphatic heterocycles. The van der Waals surface area contributed by atoms with E-state index in [1.165, 1.54) is 14.2 Å². The minimum Gasteiger partial charge on any atom is -0.497 e. The van der Waals surface area contributed by atoms with Crippen LogP contribution in [0.1, 0.15) is 5.56 Å². The maximum absolute atomic E-state index is 11.3. The monoisotopic (exact) mass is 222 g/mol. The Balaban J connectivity index is 3.18. The molecule has 0 bridgehead atoms. The second-order valence-corrected chi connectivity index (χ2v) is 3.02. The maximum Gasteiger partial charge on any atom is 0.265 e. The van der Waals surface area contributed by atoms with Gasteiger partial charge < -0.3 is 9.47 Å². The lowest BCUT2D eigenvalue weighted by Gasteiger charge is -2.11. The highest BCUT2D eigenvalue weighted by Crippen LogP contribution is 2.29. The summed E-state index contributed by atoms with van der Waals surface area (Å²) in [6.07, 6.45) is 0. The van der Waals surface area contributed by atoms with Crippen LogP contribution in [-0.4, -0.2) is 20.1 Å². The maximum atomic E-state index is 11.3. The van der Waals surface area contributed by atoms with Gasteiger partial charge in [0, 0.05) is 11.1 Å². The quantitative estimate of drug-likeness (QED) is 0.340. The molecule has 0 unspecified atom stereocenters. The second kappa shape index (κ2) is 5.18. The van der Waals surface area contributed by atoms with Crippen molar-refractivity contribution in [1.82, 2.24) is 5.43 Å². The van der Waals surface area contributed by atoms with Gasteiger partial charge in [-0.3, -0.25) is 10.2 Å². The Labute approximate surface area is 93.8 Å². The van der Waals surface area contributed by atoms with Gasteiger partial charge in [-0.25, -0.2) is 5.84 Å². The van der Waals surface area contributed by atoms with Crippen molar-refractivity contribution in [2.24, 2.45) is 5.84 Å². The molecule has 0 aliphatic carbocycles. The molecule has 0 radical (unpaired) electrons. The molecule has 16 heavy (non-hydrogen) atoms. The van der Waals surface area contributed by atoms with Crippen molar-refractivity contribution in [3.05, 3.63) is 30.3 Å². The van der Waals surface area contributed by atoms with E-state index in [1.807, 2.05) is 5.43 Å². The van der Waals surface area contributed by atoms with E-state index in [9.17, 15) is 4.79 Å². The van der Waals surface area contributed by atoms with E-state index in [4.69, 9.17) is 15.3 Å². The van der Waals surface area contributed by atoms with Gasteiger partial charge >= 0.3 is 0 Å². The Bertz CT molecular complexity index is 416. The highest BCUT2D eigenvalue weighted by Gasteiger charge is 2.13. The molecular formula is C11H14N2O3. The highest BCUT2D eigenvalue weighted by molar-refractivity contribution is 6.19. The van der Waals surface area contributed by atoms with Crippen LogP contribution < -0.4 is 20.7 Å². The number of methoxy groups -OCH3 is 2. The van der Waals surface area contributed by atoms with Crippen molar-refractivity contribution < 1.29 is 14.3 Å². The predicted octanol–water partition coefficient (Wildman–Crippen LogP) is 0.707. The number of benzene rings is 1. The summed E-state index contributed by atoms with van der Waals surface area (Å²) in [5.41, 5.74) is 2.78. The third-order valence-electron chi connectivity index (χ3n) is 2.14. The fourth-order valence-electron chi connectivity index (χ4n) is 1.26. The number of nitrogens with two attached hydrogens (primary N) is 1. The smallest absolute Gasteiger partial charge is 0.265 e. The number of carbonyl (C=O) groups excluding carboxylic acids is 1. The normalized spacial score (nSPS) is 9.44. The van der Waals surface area contributed by atoms with Crippen LogP contribution in [0.5, 0.6) is 11.5 Å². The van der Waals surface area contributed by atoms with Crippen molar-refractivity contribution in [2.75, 3.05) is 14.2 Å². The lowest BCUT2D eigenvalue weighted by molar-refractivity contribution is -0.115. The van der Waals surface area contributed by atoms with Gasteiger partial charge in [0.05, 0.1) is 14.2 Å². The SMILES string of the molecule is C=C(C(=O)NN)c1cc(OC)ccc1OC. The van der Waals surface area contributed by atoms with E-state index >= 15 is 0 Å². The molecule has 1 aromatic rings. The van der Waals surface area contributed by atoms with Crippen molar-refractivity contribution in [3.8, 4) is 11.5 Å². The van der Waals surface area contributed by atoms with Gasteiger partial charge in [-0.05, 0) is 18.2 Å². The number of hydrazine groups is 1. The molecule has 1 rings (SSSR count). The van der Waals surface area contributed by atoms with Crippen LogP contribution in [0.25, 0.3) is 5.57 Å². The molecule has 1 aromatic carbocycles. The van der Waals surface area contributed by atoms with Gasteiger partial charge in [-0.15, -0.1) is 0 Å². The molecule has 0 spiro atoms. The third-order valence-corrected chi connectivity index (χ3v) is 2.14. The average Bonchev–Trinajstić information content (AvgIpc) is 2.35. The zero-order valence-corrected chi connectivity index (χ0v) is 9.24. The van der Waals surface area contributed by atoms with Crippen LogP contribution in [0.2, 0.25) is 0 Å². The van der Waals surface area contributed by atoms with Crippen molar-refractivity contribution >= 4 is 11.5 Å². The molecule has 5 nitrogen and oxygen atoms in total. The molecule has 0 saturated heterocycles. The lowest BCUT2D eigenvalue weighted by atomic mass is 10.1. The Morgan fingerprint density at radius 1 is 1.38 bits per heavy atom. The van der Waals surface area contributed by atoms with Crippen LogP contribution in [0, 0.1) is 0 Å². The summed E-state index contributed by atoms with van der Waals surface area (Å²) in [6.45, 7) is 3.65. The zero-order valence-electron chi connectivity index (χ0n) is 9.24. The van der Waals surface area contributed by atoms with Gasteiger partial charge in [0.2, 0.25) is 0 Å². The summed E-state index contributed by atoms with van der Waals surface area (Å²) < 4.78 is 10.2. The predicted molar refractivity (Wildman–Crippen MR) is 60.9 cm³/mol. The van der Waals surface area contributed by atoms with Crippen molar-refractivity contribution in [1.29, 1.82) is 0 Å². The first kappa shape index (κ1) is 12.1. The summed E-state index contributed by atoms with van der Waals surface area (Å²) in [5.74, 6) is 5.72. The standard InChI is InChI=1S/C11H14N2O3/c1-7(11(14)13-12)9-6-8(15-2)4-5-10(9)16-3/h4-6H,1,12H2,2-3H3,(H,13,14). The van der Waals surface area contributed by atoms with Crippen LogP contribution in [0.3, 0.4) is 0 Å². The molecule has 0 fully saturated rings. The second-order valence-electron chi connectivity index (χ2n) is 3.02. The average molecular weight is 222 g/mol. The largest absolute Gasteiger partial charge is 0.497 e. The summed E-state index contributed by atoms with van der Waals surface area (Å²) in [7, 11) is 3.05. The van der Waals surface area contributed by atoms with E-state index < -0.39 is 5.91 Å². The Hall–Kier alpha value is -2.01. The van der Waals surface area contributed by atoms with E-state index in [0.717, 1.165) is 0 Å². The molecular weight excluding hydrogens is 208 g/mol. The molecule has 0 atom stereocenters. The van der Waals surface area contributed by atoms with Gasteiger partial charge in [0.15, 0.2) is 0 Å². The molecule has 0 aromatic heterocycles. The first-order valence-electron chi connectivity index (χ1n) is 4.56. The van der Waals surface area contributed by atoms with Crippen LogP contribution in [0.4, 0.5) is 0 Å².